The Hall–Kier alpha value is -3.39. The lowest BCUT2D eigenvalue weighted by atomic mass is 9.95. The second-order valence-corrected chi connectivity index (χ2v) is 12.6. The summed E-state index contributed by atoms with van der Waals surface area (Å²) in [5, 5.41) is 6.79. The van der Waals surface area contributed by atoms with Gasteiger partial charge >= 0.3 is 5.97 Å². The van der Waals surface area contributed by atoms with E-state index in [1.54, 1.807) is 7.11 Å². The summed E-state index contributed by atoms with van der Waals surface area (Å²) >= 11 is 1.51. The zero-order valence-corrected chi connectivity index (χ0v) is 24.6. The molecule has 4 aromatic rings. The summed E-state index contributed by atoms with van der Waals surface area (Å²) < 4.78 is 11.1. The Morgan fingerprint density at radius 3 is 2.50 bits per heavy atom. The number of anilines is 1. The zero-order valence-electron chi connectivity index (χ0n) is 23.8. The van der Waals surface area contributed by atoms with E-state index >= 15 is 0 Å². The Morgan fingerprint density at radius 2 is 1.77 bits per heavy atom. The molecule has 0 fully saturated rings. The molecular weight excluding hydrogens is 518 g/mol. The van der Waals surface area contributed by atoms with Crippen LogP contribution in [0, 0.1) is 0 Å². The summed E-state index contributed by atoms with van der Waals surface area (Å²) in [6.07, 6.45) is 1.70. The lowest BCUT2D eigenvalue weighted by molar-refractivity contribution is 0.00689. The number of fused-ring (bicyclic) bond motifs is 2. The van der Waals surface area contributed by atoms with Crippen LogP contribution < -0.4 is 15.8 Å². The molecule has 3 aromatic carbocycles. The van der Waals surface area contributed by atoms with Crippen LogP contribution in [0.15, 0.2) is 66.7 Å². The molecule has 5 rings (SSSR count). The molecule has 0 aliphatic carbocycles. The van der Waals surface area contributed by atoms with Crippen molar-refractivity contribution in [2.45, 2.75) is 58.3 Å². The number of thiophene rings is 1. The Bertz CT molecular complexity index is 1470. The standard InChI is InChI=1S/C33H39N3O3S/c1-33(2,3)39-32(37)30-28-18-26(19-35-16-15-22-9-12-24-7-5-6-8-25(24)17-22)36(21-29(28)40-31(30)34)20-23-10-13-27(38-4)14-11-23/h5-14,17,26,35H,15-16,18-21,34H2,1-4H3. The third kappa shape index (κ3) is 6.66. The van der Waals surface area contributed by atoms with Crippen LogP contribution in [0.25, 0.3) is 10.8 Å². The SMILES string of the molecule is COc1ccc(CN2Cc3sc(N)c(C(=O)OC(C)(C)C)c3CC2CNCCc2ccc3ccccc3c2)cc1. The Labute approximate surface area is 241 Å². The average molecular weight is 558 g/mol. The number of nitrogens with one attached hydrogen (secondary N) is 1. The van der Waals surface area contributed by atoms with Gasteiger partial charge in [0.25, 0.3) is 0 Å². The van der Waals surface area contributed by atoms with E-state index in [1.165, 1.54) is 33.2 Å². The zero-order chi connectivity index (χ0) is 28.3. The molecule has 1 atom stereocenters. The van der Waals surface area contributed by atoms with E-state index in [0.717, 1.165) is 55.2 Å². The summed E-state index contributed by atoms with van der Waals surface area (Å²) in [6, 6.07) is 23.6. The topological polar surface area (TPSA) is 76.8 Å². The van der Waals surface area contributed by atoms with Crippen LogP contribution in [0.3, 0.4) is 0 Å². The number of nitrogens with zero attached hydrogens (tertiary/aromatic N) is 1. The van der Waals surface area contributed by atoms with Gasteiger partial charge in [-0.25, -0.2) is 4.79 Å². The minimum atomic E-state index is -0.572. The number of ether oxygens (including phenoxy) is 2. The maximum Gasteiger partial charge on any atom is 0.341 e. The van der Waals surface area contributed by atoms with Crippen LogP contribution in [0.5, 0.6) is 5.75 Å². The lowest BCUT2D eigenvalue weighted by Gasteiger charge is -2.36. The first-order valence-corrected chi connectivity index (χ1v) is 14.7. The van der Waals surface area contributed by atoms with Crippen LogP contribution in [0.1, 0.15) is 52.7 Å². The first-order chi connectivity index (χ1) is 19.2. The number of benzene rings is 3. The van der Waals surface area contributed by atoms with Gasteiger partial charge in [0.2, 0.25) is 0 Å². The number of methoxy groups -OCH3 is 1. The van der Waals surface area contributed by atoms with Gasteiger partial charge in [-0.05, 0) is 79.8 Å². The summed E-state index contributed by atoms with van der Waals surface area (Å²) in [5.41, 5.74) is 9.99. The largest absolute Gasteiger partial charge is 0.497 e. The molecule has 1 unspecified atom stereocenters. The van der Waals surface area contributed by atoms with Crippen LogP contribution in [-0.2, 0) is 30.7 Å². The minimum Gasteiger partial charge on any atom is -0.497 e. The van der Waals surface area contributed by atoms with Gasteiger partial charge in [0, 0.05) is 30.6 Å². The molecule has 0 bridgehead atoms. The van der Waals surface area contributed by atoms with E-state index in [2.05, 4.69) is 64.8 Å². The van der Waals surface area contributed by atoms with Gasteiger partial charge in [-0.2, -0.15) is 0 Å². The lowest BCUT2D eigenvalue weighted by Crippen LogP contribution is -2.46. The minimum absolute atomic E-state index is 0.210. The molecule has 3 N–H and O–H groups in total. The molecule has 0 saturated carbocycles. The smallest absolute Gasteiger partial charge is 0.341 e. The quantitative estimate of drug-likeness (QED) is 0.188. The second kappa shape index (κ2) is 12.0. The molecule has 0 radical (unpaired) electrons. The molecule has 2 heterocycles. The van der Waals surface area contributed by atoms with Crippen molar-refractivity contribution in [3.63, 3.8) is 0 Å². The number of carbonyl (C=O) groups is 1. The van der Waals surface area contributed by atoms with E-state index in [1.807, 2.05) is 32.9 Å². The highest BCUT2D eigenvalue weighted by Crippen LogP contribution is 2.38. The first-order valence-electron chi connectivity index (χ1n) is 13.9. The van der Waals surface area contributed by atoms with Crippen molar-refractivity contribution >= 4 is 33.1 Å². The Kier molecular flexibility index (Phi) is 8.45. The van der Waals surface area contributed by atoms with Crippen molar-refractivity contribution in [1.29, 1.82) is 0 Å². The summed E-state index contributed by atoms with van der Waals surface area (Å²) in [5.74, 6) is 0.527. The summed E-state index contributed by atoms with van der Waals surface area (Å²) in [7, 11) is 1.68. The van der Waals surface area contributed by atoms with Gasteiger partial charge in [-0.1, -0.05) is 54.6 Å². The molecule has 0 saturated heterocycles. The van der Waals surface area contributed by atoms with E-state index < -0.39 is 5.60 Å². The molecule has 1 aliphatic rings. The van der Waals surface area contributed by atoms with Gasteiger partial charge in [0.05, 0.1) is 12.7 Å². The predicted octanol–water partition coefficient (Wildman–Crippen LogP) is 6.21. The molecular formula is C33H39N3O3S. The monoisotopic (exact) mass is 557 g/mol. The maximum atomic E-state index is 13.1. The highest BCUT2D eigenvalue weighted by molar-refractivity contribution is 7.16. The fraction of sp³-hybridized carbons (Fsp3) is 0.364. The fourth-order valence-electron chi connectivity index (χ4n) is 5.36. The number of esters is 1. The maximum absolute atomic E-state index is 13.1. The molecule has 0 spiro atoms. The molecule has 210 valence electrons. The second-order valence-electron chi connectivity index (χ2n) is 11.5. The van der Waals surface area contributed by atoms with Crippen LogP contribution in [0.4, 0.5) is 5.00 Å². The molecule has 0 amide bonds. The highest BCUT2D eigenvalue weighted by Gasteiger charge is 2.34. The molecule has 7 heteroatoms. The normalized spacial score (nSPS) is 15.7. The van der Waals surface area contributed by atoms with Gasteiger partial charge in [-0.3, -0.25) is 4.90 Å². The molecule has 6 nitrogen and oxygen atoms in total. The fourth-order valence-corrected chi connectivity index (χ4v) is 6.47. The molecule has 1 aromatic heterocycles. The van der Waals surface area contributed by atoms with Crippen molar-refractivity contribution in [3.8, 4) is 5.75 Å². The van der Waals surface area contributed by atoms with E-state index in [4.69, 9.17) is 15.2 Å². The number of nitrogens with two attached hydrogens (primary N) is 1. The van der Waals surface area contributed by atoms with Crippen molar-refractivity contribution < 1.29 is 14.3 Å². The summed E-state index contributed by atoms with van der Waals surface area (Å²) in [6.45, 7) is 8.90. The van der Waals surface area contributed by atoms with Crippen molar-refractivity contribution in [3.05, 3.63) is 93.9 Å². The molecule has 40 heavy (non-hydrogen) atoms. The van der Waals surface area contributed by atoms with Crippen molar-refractivity contribution in [2.75, 3.05) is 25.9 Å². The van der Waals surface area contributed by atoms with E-state index in [-0.39, 0.29) is 12.0 Å². The van der Waals surface area contributed by atoms with Gasteiger partial charge in [0.1, 0.15) is 16.4 Å². The van der Waals surface area contributed by atoms with E-state index in [0.29, 0.717) is 10.6 Å². The molecule has 1 aliphatic heterocycles. The predicted molar refractivity (Wildman–Crippen MR) is 164 cm³/mol. The number of rotatable bonds is 9. The van der Waals surface area contributed by atoms with Gasteiger partial charge in [0.15, 0.2) is 0 Å². The Morgan fingerprint density at radius 1 is 1.05 bits per heavy atom. The third-order valence-electron chi connectivity index (χ3n) is 7.35. The van der Waals surface area contributed by atoms with Crippen molar-refractivity contribution in [1.82, 2.24) is 10.2 Å². The Balaban J connectivity index is 1.31. The van der Waals surface area contributed by atoms with E-state index in [9.17, 15) is 4.79 Å². The highest BCUT2D eigenvalue weighted by atomic mass is 32.1. The van der Waals surface area contributed by atoms with Crippen LogP contribution in [-0.4, -0.2) is 42.7 Å². The number of hydrogen-bond acceptors (Lipinski definition) is 7. The number of nitrogen functional groups attached to an aromatic ring is 1. The van der Waals surface area contributed by atoms with Gasteiger partial charge in [-0.15, -0.1) is 11.3 Å². The van der Waals surface area contributed by atoms with Crippen molar-refractivity contribution in [2.24, 2.45) is 0 Å². The number of carbonyl (C=O) groups excluding carboxylic acids is 1. The third-order valence-corrected chi connectivity index (χ3v) is 8.40. The van der Waals surface area contributed by atoms with Crippen LogP contribution in [0.2, 0.25) is 0 Å². The first kappa shape index (κ1) is 28.1. The van der Waals surface area contributed by atoms with Crippen LogP contribution >= 0.6 is 11.3 Å². The average Bonchev–Trinajstić information content (AvgIpc) is 3.25. The number of hydrogen-bond donors (Lipinski definition) is 2. The van der Waals surface area contributed by atoms with Gasteiger partial charge < -0.3 is 20.5 Å². The summed E-state index contributed by atoms with van der Waals surface area (Å²) in [4.78, 5) is 16.8.